The van der Waals surface area contributed by atoms with Gasteiger partial charge in [-0.3, -0.25) is 9.11 Å². The second kappa shape index (κ2) is 7.04. The summed E-state index contributed by atoms with van der Waals surface area (Å²) in [6.07, 6.45) is 0. The van der Waals surface area contributed by atoms with E-state index in [9.17, 15) is 0 Å². The third-order valence-corrected chi connectivity index (χ3v) is 2.84. The van der Waals surface area contributed by atoms with Crippen LogP contribution in [0.1, 0.15) is 0 Å². The minimum Gasteiger partial charge on any atom is -0.355 e. The van der Waals surface area contributed by atoms with E-state index in [1.165, 1.54) is 10.8 Å². The summed E-state index contributed by atoms with van der Waals surface area (Å²) in [6.45, 7) is 0. The van der Waals surface area contributed by atoms with Crippen molar-refractivity contribution in [2.24, 2.45) is 0 Å². The smallest absolute Gasteiger partial charge is 0.355 e. The second-order valence-electron chi connectivity index (χ2n) is 4.47. The predicted octanol–water partition coefficient (Wildman–Crippen LogP) is 3.93. The summed E-state index contributed by atoms with van der Waals surface area (Å²) in [5.41, 5.74) is 2.26. The molecule has 22 heavy (non-hydrogen) atoms. The molecule has 5 nitrogen and oxygen atoms in total. The first kappa shape index (κ1) is 16.0. The zero-order valence-corrected chi connectivity index (χ0v) is 12.4. The zero-order valence-electron chi connectivity index (χ0n) is 11.5. The standard InChI is InChI=1S/C16H13N.H2O4S/c1-2-9-14(10-3-1)17-16-12-6-8-13-7-4-5-11-15(13)16;1-5(2,3)4/h1-12,17H;(H2,1,2,3,4). The van der Waals surface area contributed by atoms with E-state index < -0.39 is 10.4 Å². The van der Waals surface area contributed by atoms with E-state index in [1.807, 2.05) is 18.2 Å². The number of rotatable bonds is 2. The highest BCUT2D eigenvalue weighted by Gasteiger charge is 1.99. The molecule has 0 fully saturated rings. The molecule has 3 N–H and O–H groups in total. The van der Waals surface area contributed by atoms with Gasteiger partial charge in [0.1, 0.15) is 0 Å². The summed E-state index contributed by atoms with van der Waals surface area (Å²) in [5, 5.41) is 5.95. The molecule has 0 saturated heterocycles. The Morgan fingerprint density at radius 2 is 1.27 bits per heavy atom. The van der Waals surface area contributed by atoms with Gasteiger partial charge in [-0.25, -0.2) is 0 Å². The molecule has 0 spiro atoms. The minimum absolute atomic E-state index is 1.11. The Balaban J connectivity index is 0.000000309. The van der Waals surface area contributed by atoms with Crippen molar-refractivity contribution in [2.45, 2.75) is 0 Å². The first-order valence-corrected chi connectivity index (χ1v) is 7.83. The van der Waals surface area contributed by atoms with Gasteiger partial charge in [-0.1, -0.05) is 54.6 Å². The fourth-order valence-corrected chi connectivity index (χ4v) is 2.01. The third-order valence-electron chi connectivity index (χ3n) is 2.84. The molecule has 0 amide bonds. The van der Waals surface area contributed by atoms with Gasteiger partial charge < -0.3 is 5.32 Å². The van der Waals surface area contributed by atoms with Crippen LogP contribution in [0.4, 0.5) is 11.4 Å². The molecule has 6 heteroatoms. The zero-order chi connectivity index (χ0) is 16.0. The van der Waals surface area contributed by atoms with Gasteiger partial charge in [0.2, 0.25) is 0 Å². The molecule has 0 aliphatic heterocycles. The third kappa shape index (κ3) is 5.17. The van der Waals surface area contributed by atoms with Crippen LogP contribution in [0, 0.1) is 0 Å². The van der Waals surface area contributed by atoms with E-state index in [2.05, 4.69) is 59.9 Å². The van der Waals surface area contributed by atoms with Crippen molar-refractivity contribution < 1.29 is 17.5 Å². The molecule has 0 atom stereocenters. The van der Waals surface area contributed by atoms with Crippen molar-refractivity contribution in [3.63, 3.8) is 0 Å². The van der Waals surface area contributed by atoms with Gasteiger partial charge in [0.15, 0.2) is 0 Å². The quantitative estimate of drug-likeness (QED) is 0.623. The Bertz CT molecular complexity index is 835. The fourth-order valence-electron chi connectivity index (χ4n) is 2.01. The van der Waals surface area contributed by atoms with Crippen LogP contribution in [0.3, 0.4) is 0 Å². The summed E-state index contributed by atoms with van der Waals surface area (Å²) in [7, 11) is -4.67. The van der Waals surface area contributed by atoms with E-state index in [1.54, 1.807) is 0 Å². The van der Waals surface area contributed by atoms with Gasteiger partial charge in [-0.05, 0) is 23.6 Å². The van der Waals surface area contributed by atoms with Gasteiger partial charge in [0.05, 0.1) is 0 Å². The molecule has 3 rings (SSSR count). The number of benzene rings is 3. The molecular weight excluding hydrogens is 302 g/mol. The van der Waals surface area contributed by atoms with Gasteiger partial charge in [0, 0.05) is 16.8 Å². The summed E-state index contributed by atoms with van der Waals surface area (Å²) in [4.78, 5) is 0. The molecule has 0 heterocycles. The maximum Gasteiger partial charge on any atom is 0.394 e. The minimum atomic E-state index is -4.67. The van der Waals surface area contributed by atoms with Crippen LogP contribution in [0.15, 0.2) is 72.8 Å². The second-order valence-corrected chi connectivity index (χ2v) is 5.36. The monoisotopic (exact) mass is 317 g/mol. The van der Waals surface area contributed by atoms with E-state index in [-0.39, 0.29) is 0 Å². The maximum atomic E-state index is 8.74. The Morgan fingerprint density at radius 1 is 0.727 bits per heavy atom. The van der Waals surface area contributed by atoms with Gasteiger partial charge in [-0.15, -0.1) is 0 Å². The molecule has 0 aliphatic carbocycles. The van der Waals surface area contributed by atoms with Crippen LogP contribution >= 0.6 is 0 Å². The summed E-state index contributed by atoms with van der Waals surface area (Å²) in [6, 6.07) is 25.0. The van der Waals surface area contributed by atoms with Crippen LogP contribution in [0.25, 0.3) is 10.8 Å². The lowest BCUT2D eigenvalue weighted by molar-refractivity contribution is 0.381. The predicted molar refractivity (Wildman–Crippen MR) is 87.9 cm³/mol. The van der Waals surface area contributed by atoms with Crippen molar-refractivity contribution in [1.29, 1.82) is 0 Å². The van der Waals surface area contributed by atoms with E-state index in [0.717, 1.165) is 11.4 Å². The Hall–Kier alpha value is -2.41. The molecule has 0 aromatic heterocycles. The fraction of sp³-hybridized carbons (Fsp3) is 0. The van der Waals surface area contributed by atoms with Crippen molar-refractivity contribution in [2.75, 3.05) is 5.32 Å². The molecule has 0 radical (unpaired) electrons. The van der Waals surface area contributed by atoms with E-state index >= 15 is 0 Å². The van der Waals surface area contributed by atoms with Crippen LogP contribution in [0.2, 0.25) is 0 Å². The number of hydrogen-bond acceptors (Lipinski definition) is 3. The van der Waals surface area contributed by atoms with Crippen molar-refractivity contribution in [1.82, 2.24) is 0 Å². The Kier molecular flexibility index (Phi) is 5.11. The SMILES string of the molecule is O=S(=O)(O)O.c1ccc(Nc2cccc3ccccc23)cc1. The Morgan fingerprint density at radius 3 is 1.95 bits per heavy atom. The summed E-state index contributed by atoms with van der Waals surface area (Å²) < 4.78 is 31.6. The highest BCUT2D eigenvalue weighted by molar-refractivity contribution is 7.79. The molecule has 0 bridgehead atoms. The largest absolute Gasteiger partial charge is 0.394 e. The first-order valence-electron chi connectivity index (χ1n) is 6.43. The normalized spacial score (nSPS) is 10.6. The van der Waals surface area contributed by atoms with Crippen LogP contribution in [0.5, 0.6) is 0 Å². The van der Waals surface area contributed by atoms with Gasteiger partial charge in [-0.2, -0.15) is 8.42 Å². The van der Waals surface area contributed by atoms with Crippen molar-refractivity contribution in [3.05, 3.63) is 72.8 Å². The van der Waals surface area contributed by atoms with Gasteiger partial charge >= 0.3 is 10.4 Å². The maximum absolute atomic E-state index is 8.74. The lowest BCUT2D eigenvalue weighted by atomic mass is 10.1. The average Bonchev–Trinajstić information content (AvgIpc) is 2.47. The molecule has 0 aliphatic rings. The van der Waals surface area contributed by atoms with Crippen LogP contribution in [-0.2, 0) is 10.4 Å². The van der Waals surface area contributed by atoms with Gasteiger partial charge in [0.25, 0.3) is 0 Å². The molecule has 3 aromatic carbocycles. The lowest BCUT2D eigenvalue weighted by Crippen LogP contribution is -1.90. The molecule has 114 valence electrons. The number of fused-ring (bicyclic) bond motifs is 1. The van der Waals surface area contributed by atoms with E-state index in [0.29, 0.717) is 0 Å². The van der Waals surface area contributed by atoms with Crippen molar-refractivity contribution in [3.8, 4) is 0 Å². The van der Waals surface area contributed by atoms with Crippen molar-refractivity contribution >= 4 is 32.5 Å². The molecule has 0 unspecified atom stereocenters. The first-order chi connectivity index (χ1) is 10.4. The highest BCUT2D eigenvalue weighted by Crippen LogP contribution is 2.25. The number of hydrogen-bond donors (Lipinski definition) is 3. The number of para-hydroxylation sites is 1. The number of nitrogens with one attached hydrogen (secondary N) is 1. The van der Waals surface area contributed by atoms with Crippen LogP contribution in [-0.4, -0.2) is 17.5 Å². The highest BCUT2D eigenvalue weighted by atomic mass is 32.3. The van der Waals surface area contributed by atoms with E-state index in [4.69, 9.17) is 17.5 Å². The number of anilines is 2. The van der Waals surface area contributed by atoms with Crippen LogP contribution < -0.4 is 5.32 Å². The lowest BCUT2D eigenvalue weighted by Gasteiger charge is -2.09. The average molecular weight is 317 g/mol. The summed E-state index contributed by atoms with van der Waals surface area (Å²) in [5.74, 6) is 0. The summed E-state index contributed by atoms with van der Waals surface area (Å²) >= 11 is 0. The molecular formula is C16H15NO4S. The molecule has 3 aromatic rings. The Labute approximate surface area is 128 Å². The topological polar surface area (TPSA) is 86.6 Å². The molecule has 0 saturated carbocycles.